The Bertz CT molecular complexity index is 300. The molecule has 0 amide bonds. The third kappa shape index (κ3) is 3.38. The van der Waals surface area contributed by atoms with Crippen LogP contribution in [-0.2, 0) is 0 Å². The van der Waals surface area contributed by atoms with Crippen molar-refractivity contribution in [2.45, 2.75) is 27.2 Å². The molecule has 0 heterocycles. The lowest BCUT2D eigenvalue weighted by Gasteiger charge is -2.27. The molecule has 1 rings (SSSR count). The fraction of sp³-hybridized carbons (Fsp3) is 0.636. The monoisotopic (exact) mass is 209 g/mol. The number of hydrazone groups is 1. The van der Waals surface area contributed by atoms with Gasteiger partial charge in [0.25, 0.3) is 5.96 Å². The minimum absolute atomic E-state index is 0.0640. The lowest BCUT2D eigenvalue weighted by Crippen LogP contribution is -2.65. The SMILES string of the molecule is CC1=C[C@H](C)[C@H](/C=[NH+]/N=C(N)N)[C@@H](C)C1. The molecule has 0 unspecified atom stereocenters. The van der Waals surface area contributed by atoms with E-state index < -0.39 is 0 Å². The first kappa shape index (κ1) is 11.8. The van der Waals surface area contributed by atoms with Crippen LogP contribution in [0.2, 0.25) is 0 Å². The van der Waals surface area contributed by atoms with Crippen molar-refractivity contribution in [1.29, 1.82) is 0 Å². The highest BCUT2D eigenvalue weighted by Crippen LogP contribution is 2.31. The van der Waals surface area contributed by atoms with Crippen LogP contribution in [0.5, 0.6) is 0 Å². The molecule has 0 aromatic rings. The van der Waals surface area contributed by atoms with E-state index in [4.69, 9.17) is 11.5 Å². The number of hydrogen-bond acceptors (Lipinski definition) is 1. The van der Waals surface area contributed by atoms with Crippen LogP contribution in [0.15, 0.2) is 16.8 Å². The normalized spacial score (nSPS) is 31.4. The van der Waals surface area contributed by atoms with Crippen molar-refractivity contribution in [1.82, 2.24) is 0 Å². The molecule has 0 bridgehead atoms. The lowest BCUT2D eigenvalue weighted by molar-refractivity contribution is -0.460. The lowest BCUT2D eigenvalue weighted by atomic mass is 9.76. The van der Waals surface area contributed by atoms with E-state index >= 15 is 0 Å². The Morgan fingerprint density at radius 1 is 1.53 bits per heavy atom. The van der Waals surface area contributed by atoms with Gasteiger partial charge in [0, 0.05) is 11.0 Å². The highest BCUT2D eigenvalue weighted by molar-refractivity contribution is 5.75. The Hall–Kier alpha value is -1.32. The maximum atomic E-state index is 5.23. The van der Waals surface area contributed by atoms with Gasteiger partial charge in [0.2, 0.25) is 0 Å². The van der Waals surface area contributed by atoms with Crippen LogP contribution in [0, 0.1) is 17.8 Å². The van der Waals surface area contributed by atoms with Gasteiger partial charge < -0.3 is 11.5 Å². The van der Waals surface area contributed by atoms with Crippen molar-refractivity contribution >= 4 is 12.2 Å². The molecule has 5 N–H and O–H groups in total. The molecular weight excluding hydrogens is 188 g/mol. The Labute approximate surface area is 91.1 Å². The summed E-state index contributed by atoms with van der Waals surface area (Å²) in [5.74, 6) is 1.72. The smallest absolute Gasteiger partial charge is 0.256 e. The minimum atomic E-state index is 0.0640. The van der Waals surface area contributed by atoms with Gasteiger partial charge in [-0.05, 0) is 25.2 Å². The topological polar surface area (TPSA) is 78.4 Å². The summed E-state index contributed by atoms with van der Waals surface area (Å²) in [6.07, 6.45) is 5.45. The predicted molar refractivity (Wildman–Crippen MR) is 63.0 cm³/mol. The summed E-state index contributed by atoms with van der Waals surface area (Å²) in [5, 5.41) is 6.57. The number of guanidine groups is 1. The highest BCUT2D eigenvalue weighted by Gasteiger charge is 2.27. The van der Waals surface area contributed by atoms with Gasteiger partial charge in [-0.2, -0.15) is 0 Å². The Balaban J connectivity index is 2.70. The van der Waals surface area contributed by atoms with Crippen molar-refractivity contribution in [3.63, 3.8) is 0 Å². The summed E-state index contributed by atoms with van der Waals surface area (Å²) in [7, 11) is 0. The largest absolute Gasteiger partial charge is 0.365 e. The summed E-state index contributed by atoms with van der Waals surface area (Å²) in [6.45, 7) is 6.66. The first-order valence-electron chi connectivity index (χ1n) is 5.35. The number of rotatable bonds is 2. The van der Waals surface area contributed by atoms with Gasteiger partial charge in [-0.3, -0.25) is 0 Å². The molecule has 84 valence electrons. The molecule has 0 saturated carbocycles. The minimum Gasteiger partial charge on any atom is -0.365 e. The summed E-state index contributed by atoms with van der Waals surface area (Å²) in [5.41, 5.74) is 11.9. The summed E-state index contributed by atoms with van der Waals surface area (Å²) in [6, 6.07) is 0. The summed E-state index contributed by atoms with van der Waals surface area (Å²) >= 11 is 0. The van der Waals surface area contributed by atoms with Crippen LogP contribution in [0.4, 0.5) is 0 Å². The van der Waals surface area contributed by atoms with E-state index in [1.807, 2.05) is 6.21 Å². The maximum Gasteiger partial charge on any atom is 0.256 e. The molecule has 15 heavy (non-hydrogen) atoms. The number of nitrogens with two attached hydrogens (primary N) is 2. The fourth-order valence-electron chi connectivity index (χ4n) is 2.30. The molecule has 4 heteroatoms. The van der Waals surface area contributed by atoms with E-state index in [9.17, 15) is 0 Å². The number of hydrogen-bond donors (Lipinski definition) is 3. The van der Waals surface area contributed by atoms with Gasteiger partial charge in [-0.15, -0.1) is 5.10 Å². The van der Waals surface area contributed by atoms with Crippen LogP contribution in [0.3, 0.4) is 0 Å². The highest BCUT2D eigenvalue weighted by atomic mass is 15.3. The second-order valence-corrected chi connectivity index (χ2v) is 4.46. The van der Waals surface area contributed by atoms with Crippen molar-refractivity contribution in [3.05, 3.63) is 11.6 Å². The van der Waals surface area contributed by atoms with Crippen LogP contribution in [-0.4, -0.2) is 12.2 Å². The molecule has 0 aliphatic heterocycles. The number of nitrogens with one attached hydrogen (secondary N) is 1. The van der Waals surface area contributed by atoms with Gasteiger partial charge in [-0.1, -0.05) is 25.5 Å². The Morgan fingerprint density at radius 3 is 2.73 bits per heavy atom. The Morgan fingerprint density at radius 2 is 2.20 bits per heavy atom. The Kier molecular flexibility index (Phi) is 3.88. The van der Waals surface area contributed by atoms with Gasteiger partial charge in [0.05, 0.1) is 0 Å². The van der Waals surface area contributed by atoms with Crippen molar-refractivity contribution < 1.29 is 5.10 Å². The number of nitrogens with zero attached hydrogens (tertiary/aromatic N) is 1. The molecule has 3 atom stereocenters. The second kappa shape index (κ2) is 4.96. The van der Waals surface area contributed by atoms with Crippen LogP contribution < -0.4 is 16.6 Å². The van der Waals surface area contributed by atoms with Crippen molar-refractivity contribution in [2.75, 3.05) is 0 Å². The molecule has 0 radical (unpaired) electrons. The van der Waals surface area contributed by atoms with Gasteiger partial charge in [0.15, 0.2) is 6.21 Å². The second-order valence-electron chi connectivity index (χ2n) is 4.46. The zero-order valence-electron chi connectivity index (χ0n) is 9.70. The van der Waals surface area contributed by atoms with Gasteiger partial charge in [-0.25, -0.2) is 0 Å². The predicted octanol–water partition coefficient (Wildman–Crippen LogP) is -0.435. The van der Waals surface area contributed by atoms with Gasteiger partial charge in [0.1, 0.15) is 0 Å². The number of allylic oxidation sites excluding steroid dienone is 2. The molecule has 0 aromatic carbocycles. The van der Waals surface area contributed by atoms with Crippen molar-refractivity contribution in [3.8, 4) is 0 Å². The van der Waals surface area contributed by atoms with E-state index in [1.54, 1.807) is 0 Å². The van der Waals surface area contributed by atoms with Crippen LogP contribution >= 0.6 is 0 Å². The average molecular weight is 209 g/mol. The summed E-state index contributed by atoms with van der Waals surface area (Å²) in [4.78, 5) is 0. The van der Waals surface area contributed by atoms with E-state index in [-0.39, 0.29) is 5.96 Å². The van der Waals surface area contributed by atoms with E-state index in [0.717, 1.165) is 6.42 Å². The molecule has 0 saturated heterocycles. The molecule has 0 spiro atoms. The van der Waals surface area contributed by atoms with E-state index in [0.29, 0.717) is 17.8 Å². The van der Waals surface area contributed by atoms with E-state index in [2.05, 4.69) is 37.1 Å². The zero-order chi connectivity index (χ0) is 11.4. The van der Waals surface area contributed by atoms with Crippen LogP contribution in [0.1, 0.15) is 27.2 Å². The quantitative estimate of drug-likeness (QED) is 0.250. The molecule has 0 fully saturated rings. The summed E-state index contributed by atoms with van der Waals surface area (Å²) < 4.78 is 0. The zero-order valence-corrected chi connectivity index (χ0v) is 9.70. The standard InChI is InChI=1S/C11H20N4/c1-7-4-8(2)10(9(3)5-7)6-14-15-11(12)13/h4,6,8-10H,5H2,1-3H3,(H4,12,13,15)/p+1/b14-6+/t8-,9-,10-/m0/s1. The molecule has 4 nitrogen and oxygen atoms in total. The van der Waals surface area contributed by atoms with E-state index in [1.165, 1.54) is 5.57 Å². The molecule has 1 aliphatic rings. The molecular formula is C11H21N4+. The molecule has 1 aliphatic carbocycles. The van der Waals surface area contributed by atoms with Crippen molar-refractivity contribution in [2.24, 2.45) is 34.3 Å². The average Bonchev–Trinajstić information content (AvgIpc) is 2.08. The maximum absolute atomic E-state index is 5.23. The van der Waals surface area contributed by atoms with Crippen LogP contribution in [0.25, 0.3) is 0 Å². The van der Waals surface area contributed by atoms with Gasteiger partial charge >= 0.3 is 0 Å². The third-order valence-electron chi connectivity index (χ3n) is 2.92. The molecule has 0 aromatic heterocycles. The third-order valence-corrected chi connectivity index (χ3v) is 2.92. The first-order chi connectivity index (χ1) is 7.00. The fourth-order valence-corrected chi connectivity index (χ4v) is 2.30. The first-order valence-corrected chi connectivity index (χ1v) is 5.35.